The van der Waals surface area contributed by atoms with Crippen molar-refractivity contribution < 1.29 is 18.4 Å². The minimum Gasteiger partial charge on any atom is -0.341 e. The lowest BCUT2D eigenvalue weighted by molar-refractivity contribution is -0.128. The van der Waals surface area contributed by atoms with Crippen LogP contribution in [0.1, 0.15) is 6.42 Å². The zero-order valence-corrected chi connectivity index (χ0v) is 20.0. The molecule has 2 amide bonds. The van der Waals surface area contributed by atoms with Gasteiger partial charge in [-0.2, -0.15) is 0 Å². The van der Waals surface area contributed by atoms with Crippen LogP contribution >= 0.6 is 23.4 Å². The second-order valence-corrected chi connectivity index (χ2v) is 9.49. The summed E-state index contributed by atoms with van der Waals surface area (Å²) in [6.45, 7) is 2.38. The Morgan fingerprint density at radius 2 is 1.79 bits per heavy atom. The molecule has 1 saturated heterocycles. The molecule has 1 aliphatic heterocycles. The number of carbonyl (C=O) groups excluding carboxylic acids is 2. The van der Waals surface area contributed by atoms with Gasteiger partial charge in [0.25, 0.3) is 0 Å². The topological polar surface area (TPSA) is 52.7 Å². The fourth-order valence-electron chi connectivity index (χ4n) is 3.98. The third-order valence-electron chi connectivity index (χ3n) is 5.68. The molecule has 5 nitrogen and oxygen atoms in total. The molecule has 1 aliphatic rings. The van der Waals surface area contributed by atoms with E-state index in [4.69, 9.17) is 11.6 Å². The van der Waals surface area contributed by atoms with Crippen molar-refractivity contribution in [1.82, 2.24) is 9.80 Å². The van der Waals surface area contributed by atoms with Crippen LogP contribution in [0.2, 0.25) is 5.02 Å². The van der Waals surface area contributed by atoms with E-state index >= 15 is 0 Å². The lowest BCUT2D eigenvalue weighted by Gasteiger charge is -2.22. The Balaban J connectivity index is 1.29. The van der Waals surface area contributed by atoms with Crippen LogP contribution in [0.3, 0.4) is 0 Å². The highest BCUT2D eigenvalue weighted by Crippen LogP contribution is 2.33. The molecule has 0 saturated carbocycles. The van der Waals surface area contributed by atoms with E-state index in [-0.39, 0.29) is 24.0 Å². The first-order valence-corrected chi connectivity index (χ1v) is 12.3. The lowest BCUT2D eigenvalue weighted by Crippen LogP contribution is -2.38. The Kier molecular flexibility index (Phi) is 8.03. The molecule has 178 valence electrons. The van der Waals surface area contributed by atoms with Crippen LogP contribution in [0.4, 0.5) is 14.5 Å². The van der Waals surface area contributed by atoms with Crippen molar-refractivity contribution in [1.29, 1.82) is 0 Å². The Hall–Kier alpha value is -2.68. The molecule has 0 radical (unpaired) electrons. The van der Waals surface area contributed by atoms with Crippen molar-refractivity contribution in [3.05, 3.63) is 71.3 Å². The Morgan fingerprint density at radius 1 is 1.00 bits per heavy atom. The highest BCUT2D eigenvalue weighted by atomic mass is 35.5. The van der Waals surface area contributed by atoms with Crippen LogP contribution in [-0.2, 0) is 9.59 Å². The van der Waals surface area contributed by atoms with Gasteiger partial charge in [0.15, 0.2) is 0 Å². The fourth-order valence-corrected chi connectivity index (χ4v) is 5.32. The molecule has 4 rings (SSSR count). The zero-order valence-electron chi connectivity index (χ0n) is 18.4. The van der Waals surface area contributed by atoms with E-state index in [9.17, 15) is 18.4 Å². The number of anilines is 1. The molecule has 1 heterocycles. The molecule has 0 aliphatic carbocycles. The highest BCUT2D eigenvalue weighted by molar-refractivity contribution is 8.00. The van der Waals surface area contributed by atoms with Crippen LogP contribution in [0.5, 0.6) is 0 Å². The number of halogens is 3. The second-order valence-electron chi connectivity index (χ2n) is 8.07. The van der Waals surface area contributed by atoms with E-state index in [0.29, 0.717) is 37.0 Å². The second kappa shape index (κ2) is 11.2. The van der Waals surface area contributed by atoms with E-state index < -0.39 is 11.6 Å². The van der Waals surface area contributed by atoms with Crippen LogP contribution in [0.15, 0.2) is 59.5 Å². The smallest absolute Gasteiger partial charge is 0.238 e. The first-order valence-electron chi connectivity index (χ1n) is 11.0. The number of fused-ring (bicyclic) bond motifs is 1. The summed E-state index contributed by atoms with van der Waals surface area (Å²) >= 11 is 7.86. The highest BCUT2D eigenvalue weighted by Gasteiger charge is 2.21. The largest absolute Gasteiger partial charge is 0.341 e. The standard InChI is InChI=1S/C25H24ClF2N3O2S/c26-19-6-1-4-17-5-2-7-22(25(17)19)34-16-24(33)31-11-3-10-30(12-13-31)15-23(32)29-21-9-8-18(27)14-20(21)28/h1-2,4-9,14H,3,10-13,15-16H2,(H,29,32). The first-order chi connectivity index (χ1) is 16.4. The normalized spacial score (nSPS) is 14.7. The molecule has 1 fully saturated rings. The summed E-state index contributed by atoms with van der Waals surface area (Å²) in [5.41, 5.74) is -0.0522. The molecule has 3 aromatic rings. The van der Waals surface area contributed by atoms with Crippen LogP contribution < -0.4 is 5.32 Å². The molecule has 0 aromatic heterocycles. The summed E-state index contributed by atoms with van der Waals surface area (Å²) in [5, 5.41) is 5.13. The number of benzene rings is 3. The number of rotatable bonds is 6. The third-order valence-corrected chi connectivity index (χ3v) is 7.04. The summed E-state index contributed by atoms with van der Waals surface area (Å²) in [4.78, 5) is 29.9. The predicted octanol–water partition coefficient (Wildman–Crippen LogP) is 5.04. The molecular formula is C25H24ClF2N3O2S. The molecule has 0 spiro atoms. The average molecular weight is 504 g/mol. The summed E-state index contributed by atoms with van der Waals surface area (Å²) in [6.07, 6.45) is 0.731. The fraction of sp³-hybridized carbons (Fsp3) is 0.280. The average Bonchev–Trinajstić information content (AvgIpc) is 3.05. The summed E-state index contributed by atoms with van der Waals surface area (Å²) < 4.78 is 26.8. The minimum atomic E-state index is -0.814. The van der Waals surface area contributed by atoms with Crippen molar-refractivity contribution in [2.45, 2.75) is 11.3 Å². The summed E-state index contributed by atoms with van der Waals surface area (Å²) in [6, 6.07) is 14.7. The van der Waals surface area contributed by atoms with Gasteiger partial charge in [0, 0.05) is 47.5 Å². The maximum Gasteiger partial charge on any atom is 0.238 e. The first kappa shape index (κ1) is 24.4. The zero-order chi connectivity index (χ0) is 24.1. The summed E-state index contributed by atoms with van der Waals surface area (Å²) in [5.74, 6) is -1.56. The predicted molar refractivity (Wildman–Crippen MR) is 132 cm³/mol. The molecule has 0 atom stereocenters. The molecule has 3 aromatic carbocycles. The molecule has 1 N–H and O–H groups in total. The maximum absolute atomic E-state index is 13.8. The van der Waals surface area contributed by atoms with E-state index in [1.165, 1.54) is 17.8 Å². The Labute approximate surface area is 206 Å². The number of amides is 2. The van der Waals surface area contributed by atoms with E-state index in [2.05, 4.69) is 5.32 Å². The SMILES string of the molecule is O=C(CN1CCCN(C(=O)CSc2cccc3cccc(Cl)c23)CC1)Nc1ccc(F)cc1F. The van der Waals surface area contributed by atoms with Gasteiger partial charge >= 0.3 is 0 Å². The monoisotopic (exact) mass is 503 g/mol. The van der Waals surface area contributed by atoms with Gasteiger partial charge in [0.05, 0.1) is 18.0 Å². The quantitative estimate of drug-likeness (QED) is 0.479. The van der Waals surface area contributed by atoms with E-state index in [1.54, 1.807) is 0 Å². The molecule has 34 heavy (non-hydrogen) atoms. The molecule has 0 bridgehead atoms. The maximum atomic E-state index is 13.8. The number of thioether (sulfide) groups is 1. The Morgan fingerprint density at radius 3 is 2.59 bits per heavy atom. The van der Waals surface area contributed by atoms with Gasteiger partial charge in [0.1, 0.15) is 11.6 Å². The van der Waals surface area contributed by atoms with Crippen molar-refractivity contribution in [2.24, 2.45) is 0 Å². The third kappa shape index (κ3) is 6.05. The van der Waals surface area contributed by atoms with E-state index in [1.807, 2.05) is 46.2 Å². The van der Waals surface area contributed by atoms with Crippen LogP contribution in [-0.4, -0.2) is 60.1 Å². The van der Waals surface area contributed by atoms with Gasteiger partial charge in [-0.3, -0.25) is 14.5 Å². The number of nitrogens with one attached hydrogen (secondary N) is 1. The Bertz CT molecular complexity index is 1200. The van der Waals surface area contributed by atoms with Gasteiger partial charge in [0.2, 0.25) is 11.8 Å². The van der Waals surface area contributed by atoms with Gasteiger partial charge < -0.3 is 10.2 Å². The number of hydrogen-bond donors (Lipinski definition) is 1. The number of carbonyl (C=O) groups is 2. The van der Waals surface area contributed by atoms with Crippen LogP contribution in [0.25, 0.3) is 10.8 Å². The number of nitrogens with zero attached hydrogens (tertiary/aromatic N) is 2. The van der Waals surface area contributed by atoms with E-state index in [0.717, 1.165) is 34.2 Å². The minimum absolute atomic E-state index is 0.0359. The van der Waals surface area contributed by atoms with Crippen molar-refractivity contribution in [3.63, 3.8) is 0 Å². The van der Waals surface area contributed by atoms with Gasteiger partial charge in [-0.05, 0) is 36.1 Å². The lowest BCUT2D eigenvalue weighted by atomic mass is 10.1. The van der Waals surface area contributed by atoms with Crippen molar-refractivity contribution in [3.8, 4) is 0 Å². The molecule has 0 unspecified atom stereocenters. The van der Waals surface area contributed by atoms with Gasteiger partial charge in [-0.25, -0.2) is 8.78 Å². The van der Waals surface area contributed by atoms with Crippen molar-refractivity contribution >= 4 is 51.6 Å². The van der Waals surface area contributed by atoms with Gasteiger partial charge in [-0.15, -0.1) is 11.8 Å². The van der Waals surface area contributed by atoms with Crippen molar-refractivity contribution in [2.75, 3.05) is 43.8 Å². The number of hydrogen-bond acceptors (Lipinski definition) is 4. The summed E-state index contributed by atoms with van der Waals surface area (Å²) in [7, 11) is 0. The molecule has 9 heteroatoms. The van der Waals surface area contributed by atoms with Gasteiger partial charge in [-0.1, -0.05) is 35.9 Å². The van der Waals surface area contributed by atoms with Crippen LogP contribution in [0, 0.1) is 11.6 Å². The molecular weight excluding hydrogens is 480 g/mol.